The van der Waals surface area contributed by atoms with Gasteiger partial charge in [-0.2, -0.15) is 0 Å². The monoisotopic (exact) mass is 560 g/mol. The number of methoxy groups -OCH3 is 1. The molecular formula is C31H45FN2O6. The molecule has 0 heterocycles. The van der Waals surface area contributed by atoms with E-state index in [0.29, 0.717) is 45.1 Å². The van der Waals surface area contributed by atoms with Crippen LogP contribution in [-0.2, 0) is 9.59 Å². The van der Waals surface area contributed by atoms with Gasteiger partial charge in [-0.25, -0.2) is 4.39 Å². The number of benzene rings is 1. The van der Waals surface area contributed by atoms with Crippen LogP contribution in [0.15, 0.2) is 12.1 Å². The van der Waals surface area contributed by atoms with Gasteiger partial charge in [-0.1, -0.05) is 32.6 Å². The van der Waals surface area contributed by atoms with Crippen molar-refractivity contribution < 1.29 is 33.4 Å². The van der Waals surface area contributed by atoms with Gasteiger partial charge in [-0.05, 0) is 75.7 Å². The predicted octanol–water partition coefficient (Wildman–Crippen LogP) is 5.48. The molecular weight excluding hydrogens is 515 g/mol. The summed E-state index contributed by atoms with van der Waals surface area (Å²) in [6, 6.07) is 2.20. The first-order chi connectivity index (χ1) is 19.0. The molecule has 3 N–H and O–H groups in total. The SMILES string of the molecule is COc1cc(F)c(OCC2CCC(C)(C(=O)O)CC2)cc1C(=O)N[C@@H]1CCC[C@@H]1C(=O)NCC1(C)CCCCC1. The summed E-state index contributed by atoms with van der Waals surface area (Å²) >= 11 is 0. The van der Waals surface area contributed by atoms with E-state index in [-0.39, 0.29) is 52.9 Å². The Morgan fingerprint density at radius 1 is 0.975 bits per heavy atom. The smallest absolute Gasteiger partial charge is 0.309 e. The molecule has 1 aromatic carbocycles. The number of rotatable bonds is 10. The molecule has 2 atom stereocenters. The van der Waals surface area contributed by atoms with Crippen molar-refractivity contribution in [2.45, 2.75) is 96.9 Å². The maximum atomic E-state index is 14.8. The second kappa shape index (κ2) is 12.8. The average Bonchev–Trinajstić information content (AvgIpc) is 3.40. The Bertz CT molecular complexity index is 1080. The van der Waals surface area contributed by atoms with Crippen LogP contribution in [0.3, 0.4) is 0 Å². The molecule has 3 aliphatic rings. The summed E-state index contributed by atoms with van der Waals surface area (Å²) < 4.78 is 25.9. The standard InChI is InChI=1S/C31H45FN2O6/c1-30(12-5-4-6-13-30)19-33-27(35)21-8-7-9-24(21)34-28(36)22-16-26(23(32)17-25(22)39-3)40-18-20-10-14-31(2,15-11-20)29(37)38/h16-17,20-21,24H,4-15,18-19H2,1-3H3,(H,33,35)(H,34,36)(H,37,38)/t20?,21-,24+,31?/m0/s1. The molecule has 2 amide bonds. The molecule has 3 fully saturated rings. The zero-order valence-corrected chi connectivity index (χ0v) is 24.2. The number of ether oxygens (including phenoxy) is 2. The Morgan fingerprint density at radius 3 is 2.33 bits per heavy atom. The van der Waals surface area contributed by atoms with Gasteiger partial charge in [-0.15, -0.1) is 0 Å². The van der Waals surface area contributed by atoms with Crippen LogP contribution < -0.4 is 20.1 Å². The number of carboxylic acid groups (broad SMARTS) is 1. The van der Waals surface area contributed by atoms with Crippen LogP contribution in [0, 0.1) is 28.5 Å². The number of hydrogen-bond donors (Lipinski definition) is 3. The maximum absolute atomic E-state index is 14.8. The van der Waals surface area contributed by atoms with Gasteiger partial charge in [-0.3, -0.25) is 14.4 Å². The minimum Gasteiger partial charge on any atom is -0.496 e. The van der Waals surface area contributed by atoms with Gasteiger partial charge in [0.15, 0.2) is 11.6 Å². The van der Waals surface area contributed by atoms with Gasteiger partial charge in [0.1, 0.15) is 5.75 Å². The minimum absolute atomic E-state index is 0.0174. The zero-order chi connectivity index (χ0) is 28.9. The van der Waals surface area contributed by atoms with Crippen molar-refractivity contribution in [1.29, 1.82) is 0 Å². The number of nitrogens with one attached hydrogen (secondary N) is 2. The van der Waals surface area contributed by atoms with E-state index in [1.807, 2.05) is 0 Å². The van der Waals surface area contributed by atoms with E-state index < -0.39 is 23.1 Å². The minimum atomic E-state index is -0.788. The highest BCUT2D eigenvalue weighted by Gasteiger charge is 2.38. The molecule has 222 valence electrons. The molecule has 0 bridgehead atoms. The zero-order valence-electron chi connectivity index (χ0n) is 24.2. The summed E-state index contributed by atoms with van der Waals surface area (Å²) in [5.74, 6) is -2.00. The Kier molecular flexibility index (Phi) is 9.62. The van der Waals surface area contributed by atoms with Crippen molar-refractivity contribution >= 4 is 17.8 Å². The molecule has 0 saturated heterocycles. The third-order valence-electron chi connectivity index (χ3n) is 9.62. The summed E-state index contributed by atoms with van der Waals surface area (Å²) in [5, 5.41) is 15.6. The number of amides is 2. The topological polar surface area (TPSA) is 114 Å². The number of carboxylic acids is 1. The van der Waals surface area contributed by atoms with Crippen LogP contribution in [0.1, 0.15) is 101 Å². The van der Waals surface area contributed by atoms with E-state index in [2.05, 4.69) is 17.6 Å². The van der Waals surface area contributed by atoms with Crippen molar-refractivity contribution in [3.63, 3.8) is 0 Å². The van der Waals surface area contributed by atoms with Crippen LogP contribution in [0.5, 0.6) is 11.5 Å². The summed E-state index contributed by atoms with van der Waals surface area (Å²) in [5.41, 5.74) is -0.436. The van der Waals surface area contributed by atoms with E-state index in [4.69, 9.17) is 9.47 Å². The van der Waals surface area contributed by atoms with Gasteiger partial charge in [0.25, 0.3) is 5.91 Å². The highest BCUT2D eigenvalue weighted by molar-refractivity contribution is 5.98. The van der Waals surface area contributed by atoms with E-state index in [0.717, 1.165) is 25.3 Å². The lowest BCUT2D eigenvalue weighted by atomic mass is 9.72. The van der Waals surface area contributed by atoms with Crippen molar-refractivity contribution in [3.05, 3.63) is 23.5 Å². The average molecular weight is 561 g/mol. The Morgan fingerprint density at radius 2 is 1.68 bits per heavy atom. The maximum Gasteiger partial charge on any atom is 0.309 e. The number of carbonyl (C=O) groups excluding carboxylic acids is 2. The lowest BCUT2D eigenvalue weighted by molar-refractivity contribution is -0.150. The van der Waals surface area contributed by atoms with Crippen molar-refractivity contribution in [1.82, 2.24) is 10.6 Å². The molecule has 3 saturated carbocycles. The Balaban J connectivity index is 1.36. The largest absolute Gasteiger partial charge is 0.496 e. The third kappa shape index (κ3) is 7.07. The van der Waals surface area contributed by atoms with Crippen LogP contribution in [-0.4, -0.2) is 49.2 Å². The molecule has 40 heavy (non-hydrogen) atoms. The lowest BCUT2D eigenvalue weighted by Crippen LogP contribution is -2.46. The second-order valence-electron chi connectivity index (χ2n) is 12.8. The summed E-state index contributed by atoms with van der Waals surface area (Å²) in [4.78, 5) is 38.0. The number of halogens is 1. The normalized spacial score (nSPS) is 27.9. The highest BCUT2D eigenvalue weighted by Crippen LogP contribution is 2.39. The first-order valence-corrected chi connectivity index (χ1v) is 14.9. The molecule has 4 rings (SSSR count). The second-order valence-corrected chi connectivity index (χ2v) is 12.8. The highest BCUT2D eigenvalue weighted by atomic mass is 19.1. The van der Waals surface area contributed by atoms with Gasteiger partial charge >= 0.3 is 5.97 Å². The van der Waals surface area contributed by atoms with Gasteiger partial charge in [0.05, 0.1) is 30.6 Å². The van der Waals surface area contributed by atoms with Gasteiger partial charge in [0.2, 0.25) is 5.91 Å². The van der Waals surface area contributed by atoms with Crippen LogP contribution >= 0.6 is 0 Å². The molecule has 0 radical (unpaired) electrons. The summed E-state index contributed by atoms with van der Waals surface area (Å²) in [6.07, 6.45) is 10.6. The fourth-order valence-corrected chi connectivity index (χ4v) is 6.60. The van der Waals surface area contributed by atoms with Crippen LogP contribution in [0.25, 0.3) is 0 Å². The third-order valence-corrected chi connectivity index (χ3v) is 9.62. The molecule has 9 heteroatoms. The number of hydrogen-bond acceptors (Lipinski definition) is 5. The quantitative estimate of drug-likeness (QED) is 0.349. The molecule has 8 nitrogen and oxygen atoms in total. The molecule has 0 aromatic heterocycles. The van der Waals surface area contributed by atoms with E-state index in [9.17, 15) is 23.9 Å². The Labute approximate surface area is 236 Å². The first kappa shape index (κ1) is 30.1. The van der Waals surface area contributed by atoms with Gasteiger partial charge in [0, 0.05) is 18.7 Å². The van der Waals surface area contributed by atoms with Gasteiger partial charge < -0.3 is 25.2 Å². The Hall–Kier alpha value is -2.84. The van der Waals surface area contributed by atoms with E-state index in [1.165, 1.54) is 32.4 Å². The van der Waals surface area contributed by atoms with E-state index in [1.54, 1.807) is 6.92 Å². The number of carbonyl (C=O) groups is 3. The lowest BCUT2D eigenvalue weighted by Gasteiger charge is -2.34. The van der Waals surface area contributed by atoms with Crippen LogP contribution in [0.2, 0.25) is 0 Å². The molecule has 0 unspecified atom stereocenters. The summed E-state index contributed by atoms with van der Waals surface area (Å²) in [6.45, 7) is 4.90. The van der Waals surface area contributed by atoms with Crippen molar-refractivity contribution in [3.8, 4) is 11.5 Å². The molecule has 3 aliphatic carbocycles. The van der Waals surface area contributed by atoms with E-state index >= 15 is 0 Å². The van der Waals surface area contributed by atoms with Crippen molar-refractivity contribution in [2.24, 2.45) is 22.7 Å². The molecule has 0 aliphatic heterocycles. The van der Waals surface area contributed by atoms with Crippen LogP contribution in [0.4, 0.5) is 4.39 Å². The first-order valence-electron chi connectivity index (χ1n) is 14.9. The van der Waals surface area contributed by atoms with Crippen molar-refractivity contribution in [2.75, 3.05) is 20.3 Å². The molecule has 1 aromatic rings. The predicted molar refractivity (Wildman–Crippen MR) is 149 cm³/mol. The number of aliphatic carboxylic acids is 1. The molecule has 0 spiro atoms. The fraction of sp³-hybridized carbons (Fsp3) is 0.710. The fourth-order valence-electron chi connectivity index (χ4n) is 6.60. The summed E-state index contributed by atoms with van der Waals surface area (Å²) in [7, 11) is 1.38.